The normalized spacial score (nSPS) is 15.5. The second-order valence-electron chi connectivity index (χ2n) is 5.71. The summed E-state index contributed by atoms with van der Waals surface area (Å²) in [5.41, 5.74) is 1.21. The summed E-state index contributed by atoms with van der Waals surface area (Å²) >= 11 is 3.46. The van der Waals surface area contributed by atoms with Gasteiger partial charge in [-0.3, -0.25) is 4.79 Å². The number of carbonyl (C=O) groups is 1. The predicted molar refractivity (Wildman–Crippen MR) is 98.4 cm³/mol. The smallest absolute Gasteiger partial charge is 0.258 e. The lowest BCUT2D eigenvalue weighted by molar-refractivity contribution is -0.123. The maximum atomic E-state index is 12.0. The van der Waals surface area contributed by atoms with Gasteiger partial charge in [-0.05, 0) is 52.2 Å². The Hall–Kier alpha value is -2.21. The van der Waals surface area contributed by atoms with Crippen LogP contribution in [0.25, 0.3) is 0 Å². The molecule has 2 aromatic rings. The summed E-state index contributed by atoms with van der Waals surface area (Å²) in [4.78, 5) is 12.0. The van der Waals surface area contributed by atoms with Gasteiger partial charge in [-0.1, -0.05) is 25.1 Å². The maximum absolute atomic E-state index is 12.0. The van der Waals surface area contributed by atoms with Gasteiger partial charge in [0.2, 0.25) is 0 Å². The molecule has 1 unspecified atom stereocenters. The van der Waals surface area contributed by atoms with Crippen molar-refractivity contribution in [2.45, 2.75) is 19.4 Å². The zero-order chi connectivity index (χ0) is 17.6. The summed E-state index contributed by atoms with van der Waals surface area (Å²) in [7, 11) is 0. The van der Waals surface area contributed by atoms with Crippen LogP contribution in [0.15, 0.2) is 46.9 Å². The first-order chi connectivity index (χ1) is 12.2. The van der Waals surface area contributed by atoms with Crippen LogP contribution in [-0.2, 0) is 11.2 Å². The number of para-hydroxylation sites is 2. The number of amides is 1. The van der Waals surface area contributed by atoms with Gasteiger partial charge in [0.15, 0.2) is 18.1 Å². The lowest BCUT2D eigenvalue weighted by Crippen LogP contribution is -2.42. The Balaban J connectivity index is 1.44. The number of ether oxygens (including phenoxy) is 3. The fraction of sp³-hybridized carbons (Fsp3) is 0.316. The number of carbonyl (C=O) groups excluding carboxylic acids is 1. The van der Waals surface area contributed by atoms with E-state index >= 15 is 0 Å². The Morgan fingerprint density at radius 1 is 1.28 bits per heavy atom. The Bertz CT molecular complexity index is 750. The Labute approximate surface area is 155 Å². The molecule has 1 aliphatic rings. The topological polar surface area (TPSA) is 56.8 Å². The minimum absolute atomic E-state index is 0.0474. The molecular formula is C19H20BrNO4. The predicted octanol–water partition coefficient (Wildman–Crippen LogP) is 3.35. The third-order valence-corrected chi connectivity index (χ3v) is 4.48. The highest BCUT2D eigenvalue weighted by Crippen LogP contribution is 2.30. The largest absolute Gasteiger partial charge is 0.486 e. The lowest BCUT2D eigenvalue weighted by atomic mass is 10.2. The number of benzene rings is 2. The number of halogens is 1. The van der Waals surface area contributed by atoms with Crippen molar-refractivity contribution in [3.05, 3.63) is 52.5 Å². The van der Waals surface area contributed by atoms with E-state index in [9.17, 15) is 4.79 Å². The first-order valence-corrected chi connectivity index (χ1v) is 9.01. The summed E-state index contributed by atoms with van der Waals surface area (Å²) in [6, 6.07) is 13.3. The molecule has 0 saturated heterocycles. The van der Waals surface area contributed by atoms with Gasteiger partial charge in [-0.2, -0.15) is 0 Å². The number of hydrogen-bond acceptors (Lipinski definition) is 4. The van der Waals surface area contributed by atoms with Crippen molar-refractivity contribution in [3.63, 3.8) is 0 Å². The molecule has 0 fully saturated rings. The fourth-order valence-corrected chi connectivity index (χ4v) is 3.01. The van der Waals surface area contributed by atoms with Crippen LogP contribution in [0.1, 0.15) is 12.5 Å². The molecule has 1 amide bonds. The van der Waals surface area contributed by atoms with E-state index in [-0.39, 0.29) is 18.6 Å². The molecule has 3 rings (SSSR count). The molecule has 1 aliphatic heterocycles. The van der Waals surface area contributed by atoms with Crippen molar-refractivity contribution in [1.29, 1.82) is 0 Å². The molecule has 132 valence electrons. The molecular weight excluding hydrogens is 386 g/mol. The number of nitrogens with one attached hydrogen (secondary N) is 1. The van der Waals surface area contributed by atoms with Crippen molar-refractivity contribution >= 4 is 21.8 Å². The second-order valence-corrected chi connectivity index (χ2v) is 6.56. The van der Waals surface area contributed by atoms with Gasteiger partial charge >= 0.3 is 0 Å². The van der Waals surface area contributed by atoms with E-state index in [1.807, 2.05) is 42.5 Å². The van der Waals surface area contributed by atoms with Gasteiger partial charge in [-0.15, -0.1) is 0 Å². The monoisotopic (exact) mass is 405 g/mol. The molecule has 2 aromatic carbocycles. The third kappa shape index (κ3) is 4.66. The van der Waals surface area contributed by atoms with Crippen molar-refractivity contribution in [2.24, 2.45) is 0 Å². The minimum atomic E-state index is -0.213. The molecule has 0 spiro atoms. The highest BCUT2D eigenvalue weighted by atomic mass is 79.9. The molecule has 1 N–H and O–H groups in total. The fourth-order valence-electron chi connectivity index (χ4n) is 2.47. The van der Waals surface area contributed by atoms with Gasteiger partial charge in [0.1, 0.15) is 18.5 Å². The van der Waals surface area contributed by atoms with E-state index in [1.165, 1.54) is 5.56 Å². The van der Waals surface area contributed by atoms with Gasteiger partial charge in [0, 0.05) is 0 Å². The van der Waals surface area contributed by atoms with E-state index in [4.69, 9.17) is 14.2 Å². The van der Waals surface area contributed by atoms with Gasteiger partial charge in [0.25, 0.3) is 5.91 Å². The Kier molecular flexibility index (Phi) is 5.81. The maximum Gasteiger partial charge on any atom is 0.258 e. The molecule has 5 nitrogen and oxygen atoms in total. The molecule has 0 saturated carbocycles. The minimum Gasteiger partial charge on any atom is -0.486 e. The standard InChI is InChI=1S/C19H20BrNO4/c1-2-13-7-8-16(15(20)9-13)24-12-19(22)21-10-14-11-23-17-5-3-4-6-18(17)25-14/h3-9,14H,2,10-12H2,1H3,(H,21,22). The molecule has 0 bridgehead atoms. The summed E-state index contributed by atoms with van der Waals surface area (Å²) < 4.78 is 17.8. The number of fused-ring (bicyclic) bond motifs is 1. The van der Waals surface area contributed by atoms with Gasteiger partial charge in [0.05, 0.1) is 11.0 Å². The molecule has 0 aliphatic carbocycles. The third-order valence-electron chi connectivity index (χ3n) is 3.86. The quantitative estimate of drug-likeness (QED) is 0.800. The summed E-state index contributed by atoms with van der Waals surface area (Å²) in [5.74, 6) is 1.88. The van der Waals surface area contributed by atoms with Crippen LogP contribution in [0.3, 0.4) is 0 Å². The van der Waals surface area contributed by atoms with Crippen molar-refractivity contribution in [3.8, 4) is 17.2 Å². The van der Waals surface area contributed by atoms with Crippen molar-refractivity contribution < 1.29 is 19.0 Å². The zero-order valence-electron chi connectivity index (χ0n) is 14.0. The van der Waals surface area contributed by atoms with E-state index in [0.29, 0.717) is 24.7 Å². The van der Waals surface area contributed by atoms with Gasteiger partial charge in [-0.25, -0.2) is 0 Å². The van der Waals surface area contributed by atoms with Crippen molar-refractivity contribution in [1.82, 2.24) is 5.32 Å². The number of rotatable bonds is 6. The average molecular weight is 406 g/mol. The summed E-state index contributed by atoms with van der Waals surface area (Å²) in [6.45, 7) is 2.81. The Morgan fingerprint density at radius 2 is 2.08 bits per heavy atom. The van der Waals surface area contributed by atoms with Crippen LogP contribution in [0.2, 0.25) is 0 Å². The number of hydrogen-bond donors (Lipinski definition) is 1. The van der Waals surface area contributed by atoms with Gasteiger partial charge < -0.3 is 19.5 Å². The zero-order valence-corrected chi connectivity index (χ0v) is 15.5. The van der Waals surface area contributed by atoms with E-state index in [1.54, 1.807) is 0 Å². The van der Waals surface area contributed by atoms with Crippen LogP contribution >= 0.6 is 15.9 Å². The Morgan fingerprint density at radius 3 is 2.84 bits per heavy atom. The van der Waals surface area contributed by atoms with Crippen LogP contribution in [0, 0.1) is 0 Å². The van der Waals surface area contributed by atoms with Crippen LogP contribution < -0.4 is 19.5 Å². The van der Waals surface area contributed by atoms with Crippen LogP contribution in [0.5, 0.6) is 17.2 Å². The highest BCUT2D eigenvalue weighted by Gasteiger charge is 2.21. The average Bonchev–Trinajstić information content (AvgIpc) is 2.65. The molecule has 0 aromatic heterocycles. The first-order valence-electron chi connectivity index (χ1n) is 8.22. The molecule has 25 heavy (non-hydrogen) atoms. The molecule has 0 radical (unpaired) electrons. The SMILES string of the molecule is CCc1ccc(OCC(=O)NCC2COc3ccccc3O2)c(Br)c1. The summed E-state index contributed by atoms with van der Waals surface area (Å²) in [5, 5.41) is 2.81. The van der Waals surface area contributed by atoms with Crippen LogP contribution in [0.4, 0.5) is 0 Å². The van der Waals surface area contributed by atoms with E-state index < -0.39 is 0 Å². The number of aryl methyl sites for hydroxylation is 1. The first kappa shape index (κ1) is 17.6. The highest BCUT2D eigenvalue weighted by molar-refractivity contribution is 9.10. The molecule has 1 atom stereocenters. The summed E-state index contributed by atoms with van der Waals surface area (Å²) in [6.07, 6.45) is 0.737. The van der Waals surface area contributed by atoms with Crippen LogP contribution in [-0.4, -0.2) is 31.8 Å². The lowest BCUT2D eigenvalue weighted by Gasteiger charge is -2.26. The van der Waals surface area contributed by atoms with Crippen molar-refractivity contribution in [2.75, 3.05) is 19.8 Å². The van der Waals surface area contributed by atoms with E-state index in [0.717, 1.165) is 16.6 Å². The molecule has 1 heterocycles. The van der Waals surface area contributed by atoms with E-state index in [2.05, 4.69) is 28.2 Å². The molecule has 6 heteroatoms. The second kappa shape index (κ2) is 8.25.